The van der Waals surface area contributed by atoms with Gasteiger partial charge < -0.3 is 15.3 Å². The Kier molecular flexibility index (Phi) is 1.76. The quantitative estimate of drug-likeness (QED) is 0.459. The van der Waals surface area contributed by atoms with Crippen molar-refractivity contribution >= 4 is 18.6 Å². The molecule has 1 unspecified atom stereocenters. The number of thiol groups is 1. The molecule has 0 aromatic heterocycles. The highest BCUT2D eigenvalue weighted by Gasteiger charge is 2.23. The van der Waals surface area contributed by atoms with Gasteiger partial charge in [0.05, 0.1) is 0 Å². The van der Waals surface area contributed by atoms with Crippen molar-refractivity contribution in [3.8, 4) is 0 Å². The molecule has 10 heavy (non-hydrogen) atoms. The molecule has 5 heteroatoms. The Balaban J connectivity index is 2.72. The van der Waals surface area contributed by atoms with E-state index in [-0.39, 0.29) is 11.2 Å². The van der Waals surface area contributed by atoms with Crippen LogP contribution in [0, 0.1) is 0 Å². The number of carboxylic acid groups (broad SMARTS) is 1. The minimum atomic E-state index is -0.938. The van der Waals surface area contributed by atoms with Crippen LogP contribution in [-0.2, 0) is 4.79 Å². The third kappa shape index (κ3) is 1.04. The van der Waals surface area contributed by atoms with Crippen LogP contribution in [-0.4, -0.2) is 28.5 Å². The Morgan fingerprint density at radius 1 is 2.00 bits per heavy atom. The van der Waals surface area contributed by atoms with Gasteiger partial charge in [-0.25, -0.2) is 4.79 Å². The number of nitrogens with one attached hydrogen (secondary N) is 1. The molecule has 1 aliphatic heterocycles. The van der Waals surface area contributed by atoms with Crippen molar-refractivity contribution in [1.29, 1.82) is 0 Å². The number of hydrogen-bond acceptors (Lipinski definition) is 4. The second kappa shape index (κ2) is 2.42. The van der Waals surface area contributed by atoms with Crippen molar-refractivity contribution in [2.75, 3.05) is 7.05 Å². The molecule has 0 saturated carbocycles. The van der Waals surface area contributed by atoms with Gasteiger partial charge in [0.15, 0.2) is 0 Å². The van der Waals surface area contributed by atoms with Gasteiger partial charge in [-0.2, -0.15) is 0 Å². The molecular weight excluding hydrogens is 152 g/mol. The van der Waals surface area contributed by atoms with E-state index in [2.05, 4.69) is 17.9 Å². The lowest BCUT2D eigenvalue weighted by molar-refractivity contribution is -0.134. The van der Waals surface area contributed by atoms with Crippen molar-refractivity contribution in [3.05, 3.63) is 11.9 Å². The second-order valence-corrected chi connectivity index (χ2v) is 2.48. The first-order chi connectivity index (χ1) is 4.63. The van der Waals surface area contributed by atoms with Crippen LogP contribution in [0.5, 0.6) is 0 Å². The molecule has 0 amide bonds. The van der Waals surface area contributed by atoms with E-state index in [0.717, 1.165) is 0 Å². The number of aliphatic carboxylic acids is 1. The number of likely N-dealkylation sites (N-methyl/N-ethyl adjacent to an activating group) is 1. The molecular formula is C5H8N2O2S. The Bertz CT molecular complexity index is 192. The number of nitrogens with zero attached hydrogens (tertiary/aromatic N) is 1. The Morgan fingerprint density at radius 2 is 2.60 bits per heavy atom. The lowest BCUT2D eigenvalue weighted by Gasteiger charge is -2.17. The third-order valence-electron chi connectivity index (χ3n) is 1.34. The van der Waals surface area contributed by atoms with Crippen LogP contribution < -0.4 is 5.32 Å². The maximum Gasteiger partial charge on any atom is 0.353 e. The summed E-state index contributed by atoms with van der Waals surface area (Å²) < 4.78 is 0. The molecule has 0 radical (unpaired) electrons. The summed E-state index contributed by atoms with van der Waals surface area (Å²) in [6, 6.07) is 0. The van der Waals surface area contributed by atoms with Gasteiger partial charge in [-0.05, 0) is 0 Å². The molecule has 0 aromatic rings. The molecule has 2 N–H and O–H groups in total. The van der Waals surface area contributed by atoms with Crippen LogP contribution >= 0.6 is 12.6 Å². The van der Waals surface area contributed by atoms with E-state index < -0.39 is 5.97 Å². The molecule has 0 aromatic carbocycles. The third-order valence-corrected chi connectivity index (χ3v) is 1.83. The summed E-state index contributed by atoms with van der Waals surface area (Å²) in [4.78, 5) is 11.9. The molecule has 1 heterocycles. The summed E-state index contributed by atoms with van der Waals surface area (Å²) in [5.74, 6) is -0.938. The Hall–Kier alpha value is -0.840. The highest BCUT2D eigenvalue weighted by molar-refractivity contribution is 7.80. The zero-order valence-electron chi connectivity index (χ0n) is 5.40. The van der Waals surface area contributed by atoms with E-state index in [9.17, 15) is 4.79 Å². The van der Waals surface area contributed by atoms with Crippen molar-refractivity contribution in [1.82, 2.24) is 10.2 Å². The average molecular weight is 160 g/mol. The zero-order valence-corrected chi connectivity index (χ0v) is 6.30. The van der Waals surface area contributed by atoms with Crippen LogP contribution in [0.1, 0.15) is 0 Å². The second-order valence-electron chi connectivity index (χ2n) is 1.99. The summed E-state index contributed by atoms with van der Waals surface area (Å²) in [5.41, 5.74) is 0.0195. The Labute approximate surface area is 63.9 Å². The van der Waals surface area contributed by atoms with Gasteiger partial charge in [-0.15, -0.1) is 12.6 Å². The van der Waals surface area contributed by atoms with Crippen LogP contribution in [0.25, 0.3) is 0 Å². The fraction of sp³-hybridized carbons (Fsp3) is 0.400. The average Bonchev–Trinajstić information content (AvgIpc) is 2.14. The van der Waals surface area contributed by atoms with Gasteiger partial charge in [0.25, 0.3) is 0 Å². The molecule has 4 nitrogen and oxygen atoms in total. The van der Waals surface area contributed by atoms with Crippen molar-refractivity contribution < 1.29 is 9.90 Å². The minimum absolute atomic E-state index is 0.217. The lowest BCUT2D eigenvalue weighted by atomic mass is 10.5. The fourth-order valence-corrected chi connectivity index (χ4v) is 0.910. The topological polar surface area (TPSA) is 52.6 Å². The van der Waals surface area contributed by atoms with Crippen molar-refractivity contribution in [2.45, 2.75) is 5.50 Å². The van der Waals surface area contributed by atoms with E-state index in [4.69, 9.17) is 5.11 Å². The monoisotopic (exact) mass is 160 g/mol. The first-order valence-corrected chi connectivity index (χ1v) is 3.25. The zero-order chi connectivity index (χ0) is 7.72. The van der Waals surface area contributed by atoms with Crippen LogP contribution in [0.4, 0.5) is 0 Å². The van der Waals surface area contributed by atoms with E-state index in [0.29, 0.717) is 0 Å². The van der Waals surface area contributed by atoms with Gasteiger partial charge >= 0.3 is 5.97 Å². The summed E-state index contributed by atoms with van der Waals surface area (Å²) in [7, 11) is 1.66. The predicted octanol–water partition coefficient (Wildman–Crippen LogP) is -0.339. The van der Waals surface area contributed by atoms with Crippen LogP contribution in [0.3, 0.4) is 0 Å². The summed E-state index contributed by atoms with van der Waals surface area (Å²) in [5, 5.41) is 11.3. The first-order valence-electron chi connectivity index (χ1n) is 2.73. The molecule has 0 spiro atoms. The number of rotatable bonds is 1. The summed E-state index contributed by atoms with van der Waals surface area (Å²) in [6.07, 6.45) is 1.43. The highest BCUT2D eigenvalue weighted by atomic mass is 32.1. The molecule has 0 fully saturated rings. The highest BCUT2D eigenvalue weighted by Crippen LogP contribution is 2.13. The van der Waals surface area contributed by atoms with Crippen molar-refractivity contribution in [2.24, 2.45) is 0 Å². The number of carboxylic acids is 1. The molecule has 1 rings (SSSR count). The van der Waals surface area contributed by atoms with Gasteiger partial charge in [0, 0.05) is 13.2 Å². The number of carbonyl (C=O) groups is 1. The maximum atomic E-state index is 10.4. The lowest BCUT2D eigenvalue weighted by Crippen LogP contribution is -2.30. The standard InChI is InChI=1S/C5H8N2O2S/c1-7-3(4(8)9)2-6-5(7)10/h2,5-6,10H,1H3,(H,8,9). The Morgan fingerprint density at radius 3 is 2.80 bits per heavy atom. The molecule has 0 saturated heterocycles. The molecule has 0 aliphatic carbocycles. The largest absolute Gasteiger partial charge is 0.477 e. The minimum Gasteiger partial charge on any atom is -0.477 e. The molecule has 1 aliphatic rings. The van der Waals surface area contributed by atoms with Gasteiger partial charge in [0.1, 0.15) is 11.2 Å². The molecule has 1 atom stereocenters. The molecule has 0 bridgehead atoms. The predicted molar refractivity (Wildman–Crippen MR) is 39.4 cm³/mol. The van der Waals surface area contributed by atoms with Crippen molar-refractivity contribution in [3.63, 3.8) is 0 Å². The number of hydrogen-bond donors (Lipinski definition) is 3. The van der Waals surface area contributed by atoms with E-state index >= 15 is 0 Å². The first kappa shape index (κ1) is 7.27. The van der Waals surface area contributed by atoms with Gasteiger partial charge in [-0.3, -0.25) is 0 Å². The fourth-order valence-electron chi connectivity index (χ4n) is 0.711. The van der Waals surface area contributed by atoms with Gasteiger partial charge in [0.2, 0.25) is 0 Å². The van der Waals surface area contributed by atoms with E-state index in [1.165, 1.54) is 11.1 Å². The summed E-state index contributed by atoms with van der Waals surface area (Å²) in [6.45, 7) is 0. The SMILES string of the molecule is CN1C(C(=O)O)=CNC1S. The van der Waals surface area contributed by atoms with E-state index in [1.807, 2.05) is 0 Å². The van der Waals surface area contributed by atoms with Gasteiger partial charge in [-0.1, -0.05) is 0 Å². The maximum absolute atomic E-state index is 10.4. The summed E-state index contributed by atoms with van der Waals surface area (Å²) >= 11 is 4.04. The normalized spacial score (nSPS) is 24.0. The van der Waals surface area contributed by atoms with E-state index in [1.54, 1.807) is 7.05 Å². The molecule has 56 valence electrons. The smallest absolute Gasteiger partial charge is 0.353 e. The van der Waals surface area contributed by atoms with Crippen LogP contribution in [0.2, 0.25) is 0 Å². The van der Waals surface area contributed by atoms with Crippen LogP contribution in [0.15, 0.2) is 11.9 Å².